The second-order valence-electron chi connectivity index (χ2n) is 4.44. The van der Waals surface area contributed by atoms with E-state index in [9.17, 15) is 0 Å². The third-order valence-electron chi connectivity index (χ3n) is 2.56. The van der Waals surface area contributed by atoms with Gasteiger partial charge >= 0.3 is 0 Å². The summed E-state index contributed by atoms with van der Waals surface area (Å²) in [6, 6.07) is 1.15. The van der Waals surface area contributed by atoms with Crippen LogP contribution < -0.4 is 5.32 Å². The van der Waals surface area contributed by atoms with Gasteiger partial charge in [0.05, 0.1) is 6.61 Å². The smallest absolute Gasteiger partial charge is 0.0589 e. The Morgan fingerprint density at radius 3 is 2.40 bits per heavy atom. The summed E-state index contributed by atoms with van der Waals surface area (Å²) in [4.78, 5) is 2.46. The number of methoxy groups -OCH3 is 1. The Hall–Kier alpha value is -0.120. The van der Waals surface area contributed by atoms with E-state index in [0.717, 1.165) is 26.2 Å². The van der Waals surface area contributed by atoms with Crippen LogP contribution in [0.2, 0.25) is 0 Å². The fourth-order valence-electron chi connectivity index (χ4n) is 1.58. The summed E-state index contributed by atoms with van der Waals surface area (Å²) in [5, 5.41) is 3.51. The molecule has 0 aliphatic heterocycles. The van der Waals surface area contributed by atoms with Gasteiger partial charge in [0.1, 0.15) is 0 Å². The molecule has 0 aromatic heterocycles. The van der Waals surface area contributed by atoms with Crippen LogP contribution in [0.3, 0.4) is 0 Å². The van der Waals surface area contributed by atoms with E-state index in [0.29, 0.717) is 12.1 Å². The molecule has 0 aliphatic carbocycles. The molecule has 0 aromatic carbocycles. The van der Waals surface area contributed by atoms with Crippen molar-refractivity contribution in [3.63, 3.8) is 0 Å². The molecule has 0 rings (SSSR count). The first-order valence-corrected chi connectivity index (χ1v) is 6.08. The van der Waals surface area contributed by atoms with Crippen LogP contribution in [-0.2, 0) is 4.74 Å². The normalized spacial score (nSPS) is 13.8. The van der Waals surface area contributed by atoms with Crippen LogP contribution in [0.25, 0.3) is 0 Å². The van der Waals surface area contributed by atoms with Crippen molar-refractivity contribution in [2.24, 2.45) is 0 Å². The second-order valence-corrected chi connectivity index (χ2v) is 4.44. The lowest BCUT2D eigenvalue weighted by Crippen LogP contribution is -2.43. The molecule has 0 aliphatic rings. The Morgan fingerprint density at radius 2 is 1.93 bits per heavy atom. The molecule has 1 atom stereocenters. The maximum absolute atomic E-state index is 5.12. The Balaban J connectivity index is 3.81. The summed E-state index contributed by atoms with van der Waals surface area (Å²) in [6.45, 7) is 13.0. The van der Waals surface area contributed by atoms with Gasteiger partial charge in [-0.1, -0.05) is 6.92 Å². The molecule has 0 fully saturated rings. The summed E-state index contributed by atoms with van der Waals surface area (Å²) in [5.41, 5.74) is 0. The van der Waals surface area contributed by atoms with E-state index >= 15 is 0 Å². The van der Waals surface area contributed by atoms with Crippen LogP contribution in [0.5, 0.6) is 0 Å². The fourth-order valence-corrected chi connectivity index (χ4v) is 1.58. The monoisotopic (exact) mass is 216 g/mol. The first-order chi connectivity index (χ1) is 7.11. The van der Waals surface area contributed by atoms with E-state index in [4.69, 9.17) is 4.74 Å². The van der Waals surface area contributed by atoms with Gasteiger partial charge in [0, 0.05) is 32.3 Å². The fraction of sp³-hybridized carbons (Fsp3) is 1.00. The predicted molar refractivity (Wildman–Crippen MR) is 66.3 cm³/mol. The van der Waals surface area contributed by atoms with Crippen molar-refractivity contribution in [3.05, 3.63) is 0 Å². The molecule has 0 saturated carbocycles. The highest BCUT2D eigenvalue weighted by Crippen LogP contribution is 2.00. The summed E-state index contributed by atoms with van der Waals surface area (Å²) in [7, 11) is 1.76. The second kappa shape index (κ2) is 9.13. The number of hydrogen-bond acceptors (Lipinski definition) is 3. The van der Waals surface area contributed by atoms with Crippen molar-refractivity contribution >= 4 is 0 Å². The van der Waals surface area contributed by atoms with Crippen molar-refractivity contribution in [1.29, 1.82) is 0 Å². The molecule has 0 aromatic rings. The van der Waals surface area contributed by atoms with Gasteiger partial charge in [-0.25, -0.2) is 0 Å². The average Bonchev–Trinajstić information content (AvgIpc) is 2.20. The minimum Gasteiger partial charge on any atom is -0.383 e. The molecule has 0 spiro atoms. The van der Waals surface area contributed by atoms with E-state index in [1.807, 2.05) is 0 Å². The molecule has 0 saturated heterocycles. The Bertz CT molecular complexity index is 140. The lowest BCUT2D eigenvalue weighted by atomic mass is 10.2. The molecule has 15 heavy (non-hydrogen) atoms. The quantitative estimate of drug-likeness (QED) is 0.635. The molecule has 1 N–H and O–H groups in total. The zero-order chi connectivity index (χ0) is 11.7. The van der Waals surface area contributed by atoms with Gasteiger partial charge in [0.2, 0.25) is 0 Å². The van der Waals surface area contributed by atoms with Crippen molar-refractivity contribution in [2.45, 2.75) is 46.2 Å². The molecule has 0 radical (unpaired) electrons. The van der Waals surface area contributed by atoms with E-state index in [2.05, 4.69) is 37.9 Å². The van der Waals surface area contributed by atoms with Crippen molar-refractivity contribution in [2.75, 3.05) is 33.4 Å². The number of ether oxygens (including phenoxy) is 1. The SMILES string of the molecule is CCCNC(C)CN(CCOC)C(C)C. The number of rotatable bonds is 9. The maximum atomic E-state index is 5.12. The minimum absolute atomic E-state index is 0.559. The van der Waals surface area contributed by atoms with E-state index in [1.165, 1.54) is 6.42 Å². The van der Waals surface area contributed by atoms with Gasteiger partial charge < -0.3 is 10.1 Å². The summed E-state index contributed by atoms with van der Waals surface area (Å²) in [6.07, 6.45) is 1.20. The van der Waals surface area contributed by atoms with Gasteiger partial charge in [-0.3, -0.25) is 4.90 Å². The van der Waals surface area contributed by atoms with Gasteiger partial charge in [-0.15, -0.1) is 0 Å². The zero-order valence-corrected chi connectivity index (χ0v) is 11.0. The lowest BCUT2D eigenvalue weighted by Gasteiger charge is -2.29. The summed E-state index contributed by atoms with van der Waals surface area (Å²) >= 11 is 0. The van der Waals surface area contributed by atoms with E-state index in [1.54, 1.807) is 7.11 Å². The Morgan fingerprint density at radius 1 is 1.27 bits per heavy atom. The first kappa shape index (κ1) is 14.9. The van der Waals surface area contributed by atoms with Crippen LogP contribution in [0.15, 0.2) is 0 Å². The molecule has 0 amide bonds. The van der Waals surface area contributed by atoms with Gasteiger partial charge in [-0.2, -0.15) is 0 Å². The van der Waals surface area contributed by atoms with Crippen LogP contribution in [0.4, 0.5) is 0 Å². The summed E-state index contributed by atoms with van der Waals surface area (Å²) < 4.78 is 5.12. The standard InChI is InChI=1S/C12H28N2O/c1-6-7-13-12(4)10-14(11(2)3)8-9-15-5/h11-13H,6-10H2,1-5H3. The molecule has 0 heterocycles. The third kappa shape index (κ3) is 7.77. The van der Waals surface area contributed by atoms with Crippen LogP contribution in [0, 0.1) is 0 Å². The molecule has 0 bridgehead atoms. The highest BCUT2D eigenvalue weighted by Gasteiger charge is 2.12. The highest BCUT2D eigenvalue weighted by atomic mass is 16.5. The first-order valence-electron chi connectivity index (χ1n) is 6.08. The van der Waals surface area contributed by atoms with Gasteiger partial charge in [0.25, 0.3) is 0 Å². The maximum Gasteiger partial charge on any atom is 0.0589 e. The number of nitrogens with one attached hydrogen (secondary N) is 1. The van der Waals surface area contributed by atoms with Crippen molar-refractivity contribution in [3.8, 4) is 0 Å². The Labute approximate surface area is 95.2 Å². The molecule has 1 unspecified atom stereocenters. The van der Waals surface area contributed by atoms with Gasteiger partial charge in [-0.05, 0) is 33.7 Å². The minimum atomic E-state index is 0.559. The van der Waals surface area contributed by atoms with E-state index in [-0.39, 0.29) is 0 Å². The topological polar surface area (TPSA) is 24.5 Å². The zero-order valence-electron chi connectivity index (χ0n) is 11.0. The average molecular weight is 216 g/mol. The Kier molecular flexibility index (Phi) is 9.06. The van der Waals surface area contributed by atoms with Crippen LogP contribution in [-0.4, -0.2) is 50.3 Å². The largest absolute Gasteiger partial charge is 0.383 e. The lowest BCUT2D eigenvalue weighted by molar-refractivity contribution is 0.123. The predicted octanol–water partition coefficient (Wildman–Crippen LogP) is 1.73. The van der Waals surface area contributed by atoms with Crippen LogP contribution in [0.1, 0.15) is 34.1 Å². The number of hydrogen-bond donors (Lipinski definition) is 1. The van der Waals surface area contributed by atoms with Crippen molar-refractivity contribution in [1.82, 2.24) is 10.2 Å². The van der Waals surface area contributed by atoms with Crippen LogP contribution >= 0.6 is 0 Å². The molecular formula is C12H28N2O. The summed E-state index contributed by atoms with van der Waals surface area (Å²) in [5.74, 6) is 0. The molecule has 3 heteroatoms. The molecular weight excluding hydrogens is 188 g/mol. The molecule has 92 valence electrons. The van der Waals surface area contributed by atoms with Gasteiger partial charge in [0.15, 0.2) is 0 Å². The van der Waals surface area contributed by atoms with Crippen molar-refractivity contribution < 1.29 is 4.74 Å². The third-order valence-corrected chi connectivity index (χ3v) is 2.56. The highest BCUT2D eigenvalue weighted by molar-refractivity contribution is 4.70. The number of nitrogens with zero attached hydrogens (tertiary/aromatic N) is 1. The molecule has 3 nitrogen and oxygen atoms in total. The van der Waals surface area contributed by atoms with E-state index < -0.39 is 0 Å².